The van der Waals surface area contributed by atoms with Crippen molar-refractivity contribution in [1.82, 2.24) is 4.98 Å². The summed E-state index contributed by atoms with van der Waals surface area (Å²) in [7, 11) is 0. The van der Waals surface area contributed by atoms with Crippen LogP contribution < -0.4 is 9.47 Å². The second-order valence-electron chi connectivity index (χ2n) is 8.01. The van der Waals surface area contributed by atoms with Gasteiger partial charge in [-0.1, -0.05) is 77.5 Å². The molecule has 0 aliphatic rings. The molecule has 2 rings (SSSR count). The van der Waals surface area contributed by atoms with Crippen molar-refractivity contribution in [1.29, 1.82) is 0 Å². The van der Waals surface area contributed by atoms with Crippen molar-refractivity contribution >= 4 is 5.97 Å². The summed E-state index contributed by atoms with van der Waals surface area (Å²) in [5, 5.41) is 0. The summed E-state index contributed by atoms with van der Waals surface area (Å²) in [6.45, 7) is 7.33. The largest absolute Gasteiger partial charge is 0.491 e. The molecule has 0 aliphatic carbocycles. The zero-order valence-corrected chi connectivity index (χ0v) is 18.9. The topological polar surface area (TPSA) is 48.4 Å². The van der Waals surface area contributed by atoms with Gasteiger partial charge in [0.2, 0.25) is 0 Å². The molecule has 0 bridgehead atoms. The number of hydrogen-bond acceptors (Lipinski definition) is 4. The third-order valence-corrected chi connectivity index (χ3v) is 5.47. The molecule has 0 radical (unpaired) electrons. The Bertz CT molecular complexity index is 759. The van der Waals surface area contributed by atoms with Crippen molar-refractivity contribution in [2.75, 3.05) is 6.61 Å². The van der Waals surface area contributed by atoms with Crippen molar-refractivity contribution in [3.8, 4) is 22.6 Å². The fraction of sp³-hybridized carbons (Fsp3) is 0.538. The zero-order valence-electron chi connectivity index (χ0n) is 18.9. The predicted molar refractivity (Wildman–Crippen MR) is 123 cm³/mol. The monoisotopic (exact) mass is 411 g/mol. The van der Waals surface area contributed by atoms with Gasteiger partial charge >= 0.3 is 5.97 Å². The number of pyridine rings is 1. The molecular formula is C26H37NO3. The van der Waals surface area contributed by atoms with Crippen LogP contribution in [-0.4, -0.2) is 17.6 Å². The average molecular weight is 412 g/mol. The summed E-state index contributed by atoms with van der Waals surface area (Å²) >= 11 is 0. The Labute approximate surface area is 182 Å². The minimum Gasteiger partial charge on any atom is -0.491 e. The molecule has 30 heavy (non-hydrogen) atoms. The molecule has 0 fully saturated rings. The highest BCUT2D eigenvalue weighted by atomic mass is 16.5. The van der Waals surface area contributed by atoms with Crippen LogP contribution in [-0.2, 0) is 4.79 Å². The van der Waals surface area contributed by atoms with Gasteiger partial charge < -0.3 is 9.47 Å². The fourth-order valence-corrected chi connectivity index (χ4v) is 3.35. The number of esters is 1. The number of aromatic nitrogens is 1. The maximum atomic E-state index is 12.4. The van der Waals surface area contributed by atoms with Crippen LogP contribution in [0.15, 0.2) is 42.7 Å². The number of benzene rings is 1. The third-order valence-electron chi connectivity index (χ3n) is 5.47. The van der Waals surface area contributed by atoms with Crippen LogP contribution in [0.25, 0.3) is 11.1 Å². The van der Waals surface area contributed by atoms with Crippen LogP contribution >= 0.6 is 0 Å². The van der Waals surface area contributed by atoms with Crippen LogP contribution in [0.5, 0.6) is 11.5 Å². The molecule has 0 N–H and O–H groups in total. The molecule has 4 nitrogen and oxygen atoms in total. The van der Waals surface area contributed by atoms with Gasteiger partial charge in [-0.2, -0.15) is 0 Å². The number of rotatable bonds is 14. The first-order valence-electron chi connectivity index (χ1n) is 11.5. The van der Waals surface area contributed by atoms with E-state index in [9.17, 15) is 4.79 Å². The van der Waals surface area contributed by atoms with Gasteiger partial charge in [0.15, 0.2) is 0 Å². The summed E-state index contributed by atoms with van der Waals surface area (Å²) in [6, 6.07) is 9.56. The Morgan fingerprint density at radius 1 is 0.967 bits per heavy atom. The average Bonchev–Trinajstić information content (AvgIpc) is 2.77. The van der Waals surface area contributed by atoms with E-state index in [4.69, 9.17) is 9.47 Å². The van der Waals surface area contributed by atoms with Crippen molar-refractivity contribution < 1.29 is 14.3 Å². The number of unbranched alkanes of at least 4 members (excludes halogenated alkanes) is 4. The Balaban J connectivity index is 2.00. The van der Waals surface area contributed by atoms with Crippen molar-refractivity contribution in [2.45, 2.75) is 78.6 Å². The van der Waals surface area contributed by atoms with E-state index < -0.39 is 0 Å². The van der Waals surface area contributed by atoms with E-state index in [1.807, 2.05) is 30.3 Å². The van der Waals surface area contributed by atoms with Gasteiger partial charge in [-0.05, 0) is 30.9 Å². The quantitative estimate of drug-likeness (QED) is 0.187. The number of carbonyl (C=O) groups excluding carboxylic acids is 1. The van der Waals surface area contributed by atoms with E-state index in [0.717, 1.165) is 49.0 Å². The van der Waals surface area contributed by atoms with Gasteiger partial charge in [0.1, 0.15) is 11.5 Å². The maximum Gasteiger partial charge on any atom is 0.311 e. The van der Waals surface area contributed by atoms with Crippen LogP contribution in [0.2, 0.25) is 0 Å². The van der Waals surface area contributed by atoms with Crippen molar-refractivity contribution in [3.63, 3.8) is 0 Å². The number of carbonyl (C=O) groups is 1. The van der Waals surface area contributed by atoms with E-state index in [2.05, 4.69) is 25.8 Å². The molecule has 0 saturated carbocycles. The van der Waals surface area contributed by atoms with Gasteiger partial charge in [0.25, 0.3) is 0 Å². The Morgan fingerprint density at radius 2 is 1.77 bits per heavy atom. The number of para-hydroxylation sites is 1. The molecule has 1 unspecified atom stereocenters. The Hall–Kier alpha value is -2.36. The second kappa shape index (κ2) is 13.8. The predicted octanol–water partition coefficient (Wildman–Crippen LogP) is 7.22. The number of ether oxygens (including phenoxy) is 2. The molecule has 1 heterocycles. The molecule has 1 aromatic heterocycles. The molecule has 1 aromatic carbocycles. The zero-order chi connectivity index (χ0) is 21.6. The molecule has 1 atom stereocenters. The molecule has 0 amide bonds. The third kappa shape index (κ3) is 8.17. The highest BCUT2D eigenvalue weighted by molar-refractivity contribution is 5.80. The molecule has 164 valence electrons. The minimum absolute atomic E-state index is 0.178. The highest BCUT2D eigenvalue weighted by Crippen LogP contribution is 2.36. The number of nitrogens with zero attached hydrogens (tertiary/aromatic N) is 1. The van der Waals surface area contributed by atoms with E-state index in [1.54, 1.807) is 12.4 Å². The molecule has 4 heteroatoms. The first-order chi connectivity index (χ1) is 14.7. The summed E-state index contributed by atoms with van der Waals surface area (Å²) in [4.78, 5) is 16.6. The van der Waals surface area contributed by atoms with Crippen LogP contribution in [0.4, 0.5) is 0 Å². The normalized spacial score (nSPS) is 11.8. The molecule has 2 aromatic rings. The lowest BCUT2D eigenvalue weighted by Gasteiger charge is -2.14. The highest BCUT2D eigenvalue weighted by Gasteiger charge is 2.14. The SMILES string of the molecule is CCCCCCOc1cnccc1-c1ccccc1OC(=O)CCCCC(C)CC. The van der Waals surface area contributed by atoms with Gasteiger partial charge in [0, 0.05) is 23.7 Å². The molecular weight excluding hydrogens is 374 g/mol. The lowest BCUT2D eigenvalue weighted by molar-refractivity contribution is -0.134. The van der Waals surface area contributed by atoms with Gasteiger partial charge in [-0.25, -0.2) is 0 Å². The minimum atomic E-state index is -0.178. The van der Waals surface area contributed by atoms with E-state index >= 15 is 0 Å². The standard InChI is InChI=1S/C26H37NO3/c1-4-6-7-12-19-29-25-20-27-18-17-23(25)22-14-9-10-15-24(22)30-26(28)16-11-8-13-21(3)5-2/h9-10,14-15,17-18,20-21H,4-8,11-13,16,19H2,1-3H3. The maximum absolute atomic E-state index is 12.4. The van der Waals surface area contributed by atoms with Gasteiger partial charge in [0.05, 0.1) is 12.8 Å². The summed E-state index contributed by atoms with van der Waals surface area (Å²) in [5.74, 6) is 1.84. The smallest absolute Gasteiger partial charge is 0.311 e. The van der Waals surface area contributed by atoms with Crippen molar-refractivity contribution in [3.05, 3.63) is 42.7 Å². The molecule has 0 saturated heterocycles. The van der Waals surface area contributed by atoms with Gasteiger partial charge in [-0.3, -0.25) is 9.78 Å². The summed E-state index contributed by atoms with van der Waals surface area (Å²) in [5.41, 5.74) is 1.76. The Kier molecular flexibility index (Phi) is 11.0. The lowest BCUT2D eigenvalue weighted by atomic mass is 10.0. The molecule has 0 aliphatic heterocycles. The molecule has 0 spiro atoms. The van der Waals surface area contributed by atoms with Crippen LogP contribution in [0, 0.1) is 5.92 Å². The fourth-order valence-electron chi connectivity index (χ4n) is 3.35. The van der Waals surface area contributed by atoms with Crippen molar-refractivity contribution in [2.24, 2.45) is 5.92 Å². The summed E-state index contributed by atoms with van der Waals surface area (Å²) in [6.07, 6.45) is 12.8. The van der Waals surface area contributed by atoms with E-state index in [-0.39, 0.29) is 5.97 Å². The van der Waals surface area contributed by atoms with Crippen LogP contribution in [0.1, 0.15) is 78.6 Å². The Morgan fingerprint density at radius 3 is 2.57 bits per heavy atom. The second-order valence-corrected chi connectivity index (χ2v) is 8.01. The first-order valence-corrected chi connectivity index (χ1v) is 11.5. The number of hydrogen-bond donors (Lipinski definition) is 0. The summed E-state index contributed by atoms with van der Waals surface area (Å²) < 4.78 is 11.7. The first kappa shape index (κ1) is 23.9. The van der Waals surface area contributed by atoms with Gasteiger partial charge in [-0.15, -0.1) is 0 Å². The van der Waals surface area contributed by atoms with E-state index in [0.29, 0.717) is 24.7 Å². The lowest BCUT2D eigenvalue weighted by Crippen LogP contribution is -2.09. The van der Waals surface area contributed by atoms with Crippen LogP contribution in [0.3, 0.4) is 0 Å². The van der Waals surface area contributed by atoms with E-state index in [1.165, 1.54) is 19.3 Å².